The Bertz CT molecular complexity index is 182. The van der Waals surface area contributed by atoms with Crippen LogP contribution in [0.2, 0.25) is 0 Å². The summed E-state index contributed by atoms with van der Waals surface area (Å²) in [5.74, 6) is -1.08. The first kappa shape index (κ1) is 13.8. The second-order valence-corrected chi connectivity index (χ2v) is 3.18. The summed E-state index contributed by atoms with van der Waals surface area (Å²) in [6, 6.07) is 0. The number of ether oxygens (including phenoxy) is 2. The molecule has 0 heterocycles. The molecule has 0 aliphatic heterocycles. The lowest BCUT2D eigenvalue weighted by Gasteiger charge is -2.08. The van der Waals surface area contributed by atoms with E-state index < -0.39 is 16.4 Å². The average Bonchev–Trinajstić information content (AvgIpc) is 2.09. The van der Waals surface area contributed by atoms with Crippen LogP contribution in [-0.2, 0) is 19.1 Å². The molecule has 0 saturated heterocycles. The monoisotopic (exact) mass is 242 g/mol. The van der Waals surface area contributed by atoms with Gasteiger partial charge >= 0.3 is 0 Å². The maximum absolute atomic E-state index is 10.7. The van der Waals surface area contributed by atoms with Gasteiger partial charge in [0.05, 0.1) is 19.8 Å². The van der Waals surface area contributed by atoms with Crippen LogP contribution in [0.15, 0.2) is 0 Å². The van der Waals surface area contributed by atoms with Crippen LogP contribution >= 0.6 is 23.2 Å². The molecule has 6 heteroatoms. The lowest BCUT2D eigenvalue weighted by molar-refractivity contribution is -0.126. The van der Waals surface area contributed by atoms with Gasteiger partial charge < -0.3 is 9.47 Å². The predicted molar refractivity (Wildman–Crippen MR) is 52.5 cm³/mol. The zero-order chi connectivity index (χ0) is 11.0. The van der Waals surface area contributed by atoms with Gasteiger partial charge in [-0.1, -0.05) is 0 Å². The smallest absolute Gasteiger partial charge is 0.235 e. The van der Waals surface area contributed by atoms with E-state index in [0.29, 0.717) is 19.8 Å². The molecule has 0 saturated carbocycles. The molecule has 14 heavy (non-hydrogen) atoms. The van der Waals surface area contributed by atoms with Gasteiger partial charge in [-0.2, -0.15) is 0 Å². The molecular formula is C8H12Cl2O4. The Kier molecular flexibility index (Phi) is 8.08. The largest absolute Gasteiger partial charge is 0.379 e. The van der Waals surface area contributed by atoms with Gasteiger partial charge in [-0.3, -0.25) is 9.59 Å². The molecule has 0 aromatic heterocycles. The highest BCUT2D eigenvalue weighted by atomic mass is 35.5. The molecule has 4 nitrogen and oxygen atoms in total. The van der Waals surface area contributed by atoms with Gasteiger partial charge in [0.25, 0.3) is 0 Å². The van der Waals surface area contributed by atoms with Crippen molar-refractivity contribution >= 4 is 33.7 Å². The Morgan fingerprint density at radius 3 is 2.07 bits per heavy atom. The number of carbonyl (C=O) groups is 2. The highest BCUT2D eigenvalue weighted by Crippen LogP contribution is 2.07. The van der Waals surface area contributed by atoms with Gasteiger partial charge in [0.2, 0.25) is 10.5 Å². The third kappa shape index (κ3) is 6.32. The van der Waals surface area contributed by atoms with Gasteiger partial charge in [0, 0.05) is 6.61 Å². The first-order valence-corrected chi connectivity index (χ1v) is 4.89. The fraction of sp³-hybridized carbons (Fsp3) is 0.750. The van der Waals surface area contributed by atoms with Gasteiger partial charge in [-0.05, 0) is 30.1 Å². The number of hydrogen-bond donors (Lipinski definition) is 0. The van der Waals surface area contributed by atoms with Crippen molar-refractivity contribution in [3.63, 3.8) is 0 Å². The van der Waals surface area contributed by atoms with Crippen molar-refractivity contribution < 1.29 is 19.1 Å². The molecule has 0 radical (unpaired) electrons. The Hall–Kier alpha value is -0.160. The van der Waals surface area contributed by atoms with E-state index in [1.807, 2.05) is 6.92 Å². The van der Waals surface area contributed by atoms with Gasteiger partial charge in [-0.25, -0.2) is 0 Å². The van der Waals surface area contributed by atoms with Crippen LogP contribution in [0, 0.1) is 5.92 Å². The Labute approximate surface area is 92.5 Å². The third-order valence-electron chi connectivity index (χ3n) is 1.41. The molecule has 0 bridgehead atoms. The van der Waals surface area contributed by atoms with Gasteiger partial charge in [0.15, 0.2) is 0 Å². The maximum Gasteiger partial charge on any atom is 0.235 e. The molecule has 0 N–H and O–H groups in total. The molecule has 0 aromatic carbocycles. The lowest BCUT2D eigenvalue weighted by Crippen LogP contribution is -2.23. The normalized spacial score (nSPS) is 10.6. The number of halogens is 2. The Balaban J connectivity index is 3.62. The van der Waals surface area contributed by atoms with Crippen molar-refractivity contribution in [2.24, 2.45) is 5.92 Å². The molecule has 82 valence electrons. The second kappa shape index (κ2) is 8.17. The quantitative estimate of drug-likeness (QED) is 0.365. The third-order valence-corrected chi connectivity index (χ3v) is 1.94. The van der Waals surface area contributed by atoms with Crippen molar-refractivity contribution in [2.75, 3.05) is 26.4 Å². The molecule has 0 amide bonds. The number of hydrogen-bond acceptors (Lipinski definition) is 4. The summed E-state index contributed by atoms with van der Waals surface area (Å²) in [5, 5.41) is -1.61. The van der Waals surface area contributed by atoms with E-state index in [1.54, 1.807) is 0 Å². The maximum atomic E-state index is 10.7. The fourth-order valence-electron chi connectivity index (χ4n) is 0.684. The Morgan fingerprint density at radius 2 is 1.64 bits per heavy atom. The van der Waals surface area contributed by atoms with E-state index in [-0.39, 0.29) is 6.61 Å². The van der Waals surface area contributed by atoms with Crippen LogP contribution < -0.4 is 0 Å². The molecule has 0 unspecified atom stereocenters. The summed E-state index contributed by atoms with van der Waals surface area (Å²) < 4.78 is 9.96. The van der Waals surface area contributed by atoms with Crippen LogP contribution in [-0.4, -0.2) is 36.9 Å². The molecule has 0 atom stereocenters. The number of rotatable bonds is 8. The van der Waals surface area contributed by atoms with Gasteiger partial charge in [0.1, 0.15) is 5.92 Å². The van der Waals surface area contributed by atoms with Crippen LogP contribution in [0.5, 0.6) is 0 Å². The SMILES string of the molecule is CCOCCOCC(C(=O)Cl)C(=O)Cl. The van der Waals surface area contributed by atoms with Gasteiger partial charge in [-0.15, -0.1) is 0 Å². The van der Waals surface area contributed by atoms with E-state index in [2.05, 4.69) is 0 Å². The minimum atomic E-state index is -1.08. The molecule has 0 spiro atoms. The zero-order valence-corrected chi connectivity index (χ0v) is 9.31. The van der Waals surface area contributed by atoms with E-state index in [0.717, 1.165) is 0 Å². The summed E-state index contributed by atoms with van der Waals surface area (Å²) in [6.07, 6.45) is 0. The minimum absolute atomic E-state index is 0.0995. The van der Waals surface area contributed by atoms with E-state index >= 15 is 0 Å². The van der Waals surface area contributed by atoms with Crippen molar-refractivity contribution in [1.82, 2.24) is 0 Å². The summed E-state index contributed by atoms with van der Waals surface area (Å²) in [4.78, 5) is 21.3. The van der Waals surface area contributed by atoms with Crippen LogP contribution in [0.25, 0.3) is 0 Å². The second-order valence-electron chi connectivity index (χ2n) is 2.43. The van der Waals surface area contributed by atoms with E-state index in [4.69, 9.17) is 32.7 Å². The predicted octanol–water partition coefficient (Wildman–Crippen LogP) is 1.19. The molecule has 0 aromatic rings. The minimum Gasteiger partial charge on any atom is -0.379 e. The standard InChI is InChI=1S/C8H12Cl2O4/c1-2-13-3-4-14-5-6(7(9)11)8(10)12/h6H,2-5H2,1H3. The summed E-state index contributed by atoms with van der Waals surface area (Å²) in [5.41, 5.74) is 0. The van der Waals surface area contributed by atoms with E-state index in [1.165, 1.54) is 0 Å². The topological polar surface area (TPSA) is 52.6 Å². The number of carbonyl (C=O) groups excluding carboxylic acids is 2. The van der Waals surface area contributed by atoms with Crippen molar-refractivity contribution in [2.45, 2.75) is 6.92 Å². The summed E-state index contributed by atoms with van der Waals surface area (Å²) in [7, 11) is 0. The van der Waals surface area contributed by atoms with Crippen LogP contribution in [0.1, 0.15) is 6.92 Å². The Morgan fingerprint density at radius 1 is 1.14 bits per heavy atom. The molecule has 0 rings (SSSR count). The molecular weight excluding hydrogens is 231 g/mol. The molecule has 0 aliphatic rings. The summed E-state index contributed by atoms with van der Waals surface area (Å²) >= 11 is 10.2. The van der Waals surface area contributed by atoms with Crippen LogP contribution in [0.3, 0.4) is 0 Å². The summed E-state index contributed by atoms with van der Waals surface area (Å²) in [6.45, 7) is 3.07. The first-order chi connectivity index (χ1) is 6.59. The van der Waals surface area contributed by atoms with Crippen molar-refractivity contribution in [3.05, 3.63) is 0 Å². The highest BCUT2D eigenvalue weighted by molar-refractivity contribution is 6.73. The lowest BCUT2D eigenvalue weighted by atomic mass is 10.2. The average molecular weight is 243 g/mol. The first-order valence-electron chi connectivity index (χ1n) is 4.13. The van der Waals surface area contributed by atoms with E-state index in [9.17, 15) is 9.59 Å². The molecule has 0 aliphatic carbocycles. The fourth-order valence-corrected chi connectivity index (χ4v) is 1.06. The van der Waals surface area contributed by atoms with Crippen molar-refractivity contribution in [3.8, 4) is 0 Å². The van der Waals surface area contributed by atoms with Crippen molar-refractivity contribution in [1.29, 1.82) is 0 Å². The highest BCUT2D eigenvalue weighted by Gasteiger charge is 2.23. The zero-order valence-electron chi connectivity index (χ0n) is 7.79. The molecule has 0 fully saturated rings. The van der Waals surface area contributed by atoms with Crippen LogP contribution in [0.4, 0.5) is 0 Å².